The number of benzene rings is 1. The number of carbonyl (C=O) groups excluding carboxylic acids is 1. The van der Waals surface area contributed by atoms with E-state index in [1.807, 2.05) is 0 Å². The number of nitrogens with zero attached hydrogens (tertiary/aromatic N) is 1. The topological polar surface area (TPSA) is 69.6 Å². The van der Waals surface area contributed by atoms with Crippen LogP contribution in [-0.2, 0) is 0 Å². The molecule has 0 aromatic heterocycles. The highest BCUT2D eigenvalue weighted by molar-refractivity contribution is 6.40. The first-order valence-electron chi connectivity index (χ1n) is 5.28. The van der Waals surface area contributed by atoms with Crippen LogP contribution in [0.15, 0.2) is 12.1 Å². The molecule has 0 unspecified atom stereocenters. The zero-order chi connectivity index (χ0) is 13.3. The van der Waals surface area contributed by atoms with Crippen LogP contribution >= 0.6 is 23.2 Å². The quantitative estimate of drug-likeness (QED) is 0.879. The van der Waals surface area contributed by atoms with Crippen LogP contribution in [0, 0.1) is 0 Å². The van der Waals surface area contributed by atoms with Crippen molar-refractivity contribution in [1.29, 1.82) is 0 Å². The number of aromatic carboxylic acids is 1. The first-order valence-corrected chi connectivity index (χ1v) is 6.04. The summed E-state index contributed by atoms with van der Waals surface area (Å²) in [6, 6.07) is 2.29. The van der Waals surface area contributed by atoms with Gasteiger partial charge in [-0.3, -0.25) is 4.90 Å². The Hall–Kier alpha value is -1.46. The highest BCUT2D eigenvalue weighted by atomic mass is 35.5. The first kappa shape index (κ1) is 13.0. The van der Waals surface area contributed by atoms with Gasteiger partial charge in [-0.15, -0.1) is 0 Å². The van der Waals surface area contributed by atoms with E-state index >= 15 is 0 Å². The molecule has 18 heavy (non-hydrogen) atoms. The van der Waals surface area contributed by atoms with E-state index in [0.29, 0.717) is 18.8 Å². The summed E-state index contributed by atoms with van der Waals surface area (Å²) in [5.41, 5.74) is 0.340. The van der Waals surface area contributed by atoms with Crippen LogP contribution in [0.25, 0.3) is 0 Å². The zero-order valence-electron chi connectivity index (χ0n) is 9.24. The molecule has 1 aromatic rings. The van der Waals surface area contributed by atoms with Gasteiger partial charge in [-0.25, -0.2) is 9.59 Å². The van der Waals surface area contributed by atoms with Crippen molar-refractivity contribution in [3.05, 3.63) is 27.7 Å². The van der Waals surface area contributed by atoms with E-state index in [9.17, 15) is 9.59 Å². The van der Waals surface area contributed by atoms with E-state index in [4.69, 9.17) is 28.3 Å². The predicted octanol–water partition coefficient (Wildman–Crippen LogP) is 2.61. The van der Waals surface area contributed by atoms with Crippen molar-refractivity contribution in [2.24, 2.45) is 0 Å². The molecule has 1 aliphatic heterocycles. The molecule has 5 nitrogen and oxygen atoms in total. The fraction of sp³-hybridized carbons (Fsp3) is 0.273. The zero-order valence-corrected chi connectivity index (χ0v) is 10.8. The largest absolute Gasteiger partial charge is 0.478 e. The highest BCUT2D eigenvalue weighted by Crippen LogP contribution is 2.35. The molecule has 2 rings (SSSR count). The summed E-state index contributed by atoms with van der Waals surface area (Å²) in [5, 5.41) is 11.9. The molecule has 0 bridgehead atoms. The van der Waals surface area contributed by atoms with Gasteiger partial charge in [-0.05, 0) is 18.6 Å². The number of halogens is 2. The third kappa shape index (κ3) is 2.37. The normalized spacial score (nSPS) is 15.4. The van der Waals surface area contributed by atoms with Crippen molar-refractivity contribution in [3.8, 4) is 0 Å². The Morgan fingerprint density at radius 1 is 1.33 bits per heavy atom. The Kier molecular flexibility index (Phi) is 3.63. The molecule has 0 spiro atoms. The summed E-state index contributed by atoms with van der Waals surface area (Å²) in [7, 11) is 0. The maximum Gasteiger partial charge on any atom is 0.335 e. The van der Waals surface area contributed by atoms with E-state index < -0.39 is 5.97 Å². The van der Waals surface area contributed by atoms with Crippen LogP contribution < -0.4 is 10.2 Å². The summed E-state index contributed by atoms with van der Waals surface area (Å²) >= 11 is 12.0. The molecule has 0 atom stereocenters. The van der Waals surface area contributed by atoms with E-state index in [1.165, 1.54) is 17.0 Å². The van der Waals surface area contributed by atoms with Crippen LogP contribution in [0.4, 0.5) is 10.5 Å². The van der Waals surface area contributed by atoms with E-state index in [0.717, 1.165) is 6.42 Å². The molecule has 96 valence electrons. The molecule has 2 amide bonds. The summed E-state index contributed by atoms with van der Waals surface area (Å²) < 4.78 is 0. The minimum absolute atomic E-state index is 0.00818. The number of hydrogen-bond donors (Lipinski definition) is 2. The molecule has 1 saturated heterocycles. The van der Waals surface area contributed by atoms with Gasteiger partial charge in [0.15, 0.2) is 0 Å². The van der Waals surface area contributed by atoms with E-state index in [-0.39, 0.29) is 21.6 Å². The third-order valence-corrected chi connectivity index (χ3v) is 3.19. The minimum Gasteiger partial charge on any atom is -0.478 e. The van der Waals surface area contributed by atoms with E-state index in [1.54, 1.807) is 0 Å². The van der Waals surface area contributed by atoms with Crippen LogP contribution in [0.3, 0.4) is 0 Å². The number of rotatable bonds is 2. The summed E-state index contributed by atoms with van der Waals surface area (Å²) in [6.45, 7) is 1.11. The molecule has 2 N–H and O–H groups in total. The molecule has 7 heteroatoms. The molecule has 0 saturated carbocycles. The van der Waals surface area contributed by atoms with Crippen molar-refractivity contribution >= 4 is 40.9 Å². The second-order valence-corrected chi connectivity index (χ2v) is 4.65. The van der Waals surface area contributed by atoms with Crippen molar-refractivity contribution in [2.45, 2.75) is 6.42 Å². The van der Waals surface area contributed by atoms with Crippen molar-refractivity contribution in [3.63, 3.8) is 0 Å². The van der Waals surface area contributed by atoms with Crippen LogP contribution in [-0.4, -0.2) is 30.2 Å². The molecule has 0 aliphatic carbocycles. The van der Waals surface area contributed by atoms with Crippen LogP contribution in [0.5, 0.6) is 0 Å². The Morgan fingerprint density at radius 3 is 2.44 bits per heavy atom. The molecule has 1 fully saturated rings. The third-order valence-electron chi connectivity index (χ3n) is 2.61. The number of anilines is 1. The second kappa shape index (κ2) is 5.04. The molecular formula is C11H10Cl2N2O3. The lowest BCUT2D eigenvalue weighted by atomic mass is 10.2. The molecular weight excluding hydrogens is 279 g/mol. The van der Waals surface area contributed by atoms with Gasteiger partial charge in [-0.1, -0.05) is 23.2 Å². The van der Waals surface area contributed by atoms with Gasteiger partial charge in [0.2, 0.25) is 0 Å². The predicted molar refractivity (Wildman–Crippen MR) is 68.8 cm³/mol. The number of carboxylic acid groups (broad SMARTS) is 1. The Bertz CT molecular complexity index is 496. The number of nitrogens with one attached hydrogen (secondary N) is 1. The van der Waals surface area contributed by atoms with Gasteiger partial charge in [0.25, 0.3) is 0 Å². The van der Waals surface area contributed by atoms with Gasteiger partial charge >= 0.3 is 12.0 Å². The average molecular weight is 289 g/mol. The number of hydrogen-bond acceptors (Lipinski definition) is 2. The average Bonchev–Trinajstić information content (AvgIpc) is 2.30. The van der Waals surface area contributed by atoms with Gasteiger partial charge < -0.3 is 10.4 Å². The first-order chi connectivity index (χ1) is 8.50. The SMILES string of the molecule is O=C(O)c1cc(Cl)c(N2CCCNC2=O)c(Cl)c1. The van der Waals surface area contributed by atoms with Gasteiger partial charge in [0, 0.05) is 13.1 Å². The smallest absolute Gasteiger partial charge is 0.335 e. The summed E-state index contributed by atoms with van der Waals surface area (Å²) in [4.78, 5) is 24.0. The van der Waals surface area contributed by atoms with Crippen molar-refractivity contribution < 1.29 is 14.7 Å². The van der Waals surface area contributed by atoms with E-state index in [2.05, 4.69) is 5.32 Å². The van der Waals surface area contributed by atoms with Crippen LogP contribution in [0.2, 0.25) is 10.0 Å². The fourth-order valence-electron chi connectivity index (χ4n) is 1.79. The molecule has 1 aliphatic rings. The van der Waals surface area contributed by atoms with Gasteiger partial charge in [-0.2, -0.15) is 0 Å². The number of urea groups is 1. The number of amides is 2. The maximum absolute atomic E-state index is 11.7. The lowest BCUT2D eigenvalue weighted by Crippen LogP contribution is -2.46. The lowest BCUT2D eigenvalue weighted by Gasteiger charge is -2.29. The Labute approximate surface area is 113 Å². The van der Waals surface area contributed by atoms with Gasteiger partial charge in [0.1, 0.15) is 0 Å². The number of carbonyl (C=O) groups is 2. The summed E-state index contributed by atoms with van der Waals surface area (Å²) in [6.07, 6.45) is 0.777. The second-order valence-electron chi connectivity index (χ2n) is 3.83. The lowest BCUT2D eigenvalue weighted by molar-refractivity contribution is 0.0697. The Morgan fingerprint density at radius 2 is 1.94 bits per heavy atom. The van der Waals surface area contributed by atoms with Crippen molar-refractivity contribution in [2.75, 3.05) is 18.0 Å². The van der Waals surface area contributed by atoms with Crippen molar-refractivity contribution in [1.82, 2.24) is 5.32 Å². The van der Waals surface area contributed by atoms with Gasteiger partial charge in [0.05, 0.1) is 21.3 Å². The maximum atomic E-state index is 11.7. The number of carboxylic acids is 1. The molecule has 1 heterocycles. The fourth-order valence-corrected chi connectivity index (χ4v) is 2.48. The standard InChI is InChI=1S/C11H10Cl2N2O3/c12-7-4-6(10(16)17)5-8(13)9(7)15-3-1-2-14-11(15)18/h4-5H,1-3H2,(H,14,18)(H,16,17). The summed E-state index contributed by atoms with van der Waals surface area (Å²) in [5.74, 6) is -1.12. The minimum atomic E-state index is -1.12. The highest BCUT2D eigenvalue weighted by Gasteiger charge is 2.24. The Balaban J connectivity index is 2.44. The molecule has 0 radical (unpaired) electrons. The monoisotopic (exact) mass is 288 g/mol. The van der Waals surface area contributed by atoms with Crippen LogP contribution in [0.1, 0.15) is 16.8 Å². The molecule has 1 aromatic carbocycles.